The first-order valence-electron chi connectivity index (χ1n) is 12.0. The van der Waals surface area contributed by atoms with Crippen LogP contribution in [0, 0.1) is 5.41 Å². The van der Waals surface area contributed by atoms with Gasteiger partial charge in [0.1, 0.15) is 23.8 Å². The summed E-state index contributed by atoms with van der Waals surface area (Å²) in [6.45, 7) is 10.9. The number of nitrogens with zero attached hydrogens (tertiary/aromatic N) is 3. The average molecular weight is 468 g/mol. The maximum atomic E-state index is 13.0. The Morgan fingerprint density at radius 3 is 2.53 bits per heavy atom. The van der Waals surface area contributed by atoms with Gasteiger partial charge in [0.05, 0.1) is 18.5 Å². The van der Waals surface area contributed by atoms with Crippen molar-refractivity contribution < 1.29 is 14.3 Å². The van der Waals surface area contributed by atoms with Gasteiger partial charge in [0.15, 0.2) is 5.78 Å². The second-order valence-electron chi connectivity index (χ2n) is 9.45. The molecule has 0 spiro atoms. The van der Waals surface area contributed by atoms with Crippen LogP contribution < -0.4 is 9.47 Å². The van der Waals surface area contributed by atoms with Gasteiger partial charge >= 0.3 is 0 Å². The Bertz CT molecular complexity index is 1070. The number of ketones is 1. The number of hydrogen-bond donors (Lipinski definition) is 0. The molecule has 6 nitrogen and oxygen atoms in total. The summed E-state index contributed by atoms with van der Waals surface area (Å²) in [6.07, 6.45) is 8.34. The van der Waals surface area contributed by atoms with Gasteiger partial charge in [-0.1, -0.05) is 48.1 Å². The standard InChI is InChI=1S/C25H31N3O3.C2H6.CH4/c1-25(2,3)11-8-10-20(29)23-18-15-31-22-14-21(30-5)16(19-9-6-7-12-26-19)13-17(22)24(18)28(4)27-23;1-2;/h9,12-14H,6-8,10-11,15H2,1-5H3;1-2H3;1H4. The zero-order valence-corrected chi connectivity index (χ0v) is 21.1. The van der Waals surface area contributed by atoms with Crippen LogP contribution in [0.5, 0.6) is 11.5 Å². The van der Waals surface area contributed by atoms with Crippen molar-refractivity contribution in [2.24, 2.45) is 17.5 Å². The summed E-state index contributed by atoms with van der Waals surface area (Å²) < 4.78 is 13.5. The van der Waals surface area contributed by atoms with Crippen molar-refractivity contribution >= 4 is 17.7 Å². The molecule has 186 valence electrons. The minimum absolute atomic E-state index is 0. The molecule has 0 unspecified atom stereocenters. The summed E-state index contributed by atoms with van der Waals surface area (Å²) in [5.41, 5.74) is 5.30. The molecule has 0 fully saturated rings. The number of aromatic nitrogens is 2. The average Bonchev–Trinajstić information content (AvgIpc) is 3.16. The van der Waals surface area contributed by atoms with Gasteiger partial charge in [-0.2, -0.15) is 5.10 Å². The van der Waals surface area contributed by atoms with E-state index in [0.29, 0.717) is 18.7 Å². The Morgan fingerprint density at radius 2 is 1.91 bits per heavy atom. The molecule has 4 rings (SSSR count). The van der Waals surface area contributed by atoms with Gasteiger partial charge in [0.25, 0.3) is 0 Å². The third-order valence-corrected chi connectivity index (χ3v) is 5.81. The molecule has 0 bridgehead atoms. The van der Waals surface area contributed by atoms with Crippen LogP contribution in [0.1, 0.15) is 95.8 Å². The molecular formula is C28H41N3O3. The summed E-state index contributed by atoms with van der Waals surface area (Å²) in [5.74, 6) is 1.55. The summed E-state index contributed by atoms with van der Waals surface area (Å²) in [5, 5.41) is 4.60. The predicted molar refractivity (Wildman–Crippen MR) is 141 cm³/mol. The van der Waals surface area contributed by atoms with E-state index in [-0.39, 0.29) is 18.6 Å². The highest BCUT2D eigenvalue weighted by Gasteiger charge is 2.30. The lowest BCUT2D eigenvalue weighted by atomic mass is 9.89. The van der Waals surface area contributed by atoms with E-state index >= 15 is 0 Å². The number of hydrogen-bond acceptors (Lipinski definition) is 5. The van der Waals surface area contributed by atoms with E-state index in [0.717, 1.165) is 65.3 Å². The van der Waals surface area contributed by atoms with Gasteiger partial charge in [-0.3, -0.25) is 14.5 Å². The number of carbonyl (C=O) groups is 1. The third kappa shape index (κ3) is 5.78. The molecule has 2 aromatic rings. The number of rotatable bonds is 6. The maximum Gasteiger partial charge on any atom is 0.183 e. The number of aliphatic imine (C=N–C) groups is 1. The Hall–Kier alpha value is -2.89. The van der Waals surface area contributed by atoms with Crippen molar-refractivity contribution in [1.82, 2.24) is 9.78 Å². The maximum absolute atomic E-state index is 13.0. The van der Waals surface area contributed by atoms with Crippen LogP contribution in [0.25, 0.3) is 17.0 Å². The molecule has 0 N–H and O–H groups in total. The summed E-state index contributed by atoms with van der Waals surface area (Å²) in [7, 11) is 3.55. The minimum atomic E-state index is 0. The van der Waals surface area contributed by atoms with E-state index < -0.39 is 0 Å². The van der Waals surface area contributed by atoms with Crippen molar-refractivity contribution in [2.45, 2.75) is 80.8 Å². The van der Waals surface area contributed by atoms with Crippen LogP contribution in [0.2, 0.25) is 0 Å². The first kappa shape index (κ1) is 27.4. The molecule has 0 amide bonds. The fourth-order valence-electron chi connectivity index (χ4n) is 4.24. The number of fused-ring (bicyclic) bond motifs is 3. The van der Waals surface area contributed by atoms with Gasteiger partial charge in [-0.05, 0) is 37.2 Å². The summed E-state index contributed by atoms with van der Waals surface area (Å²) >= 11 is 0. The Balaban J connectivity index is 0.00000133. The van der Waals surface area contributed by atoms with Crippen molar-refractivity contribution in [3.63, 3.8) is 0 Å². The lowest BCUT2D eigenvalue weighted by Gasteiger charge is -2.22. The highest BCUT2D eigenvalue weighted by Crippen LogP contribution is 2.44. The predicted octanol–water partition coefficient (Wildman–Crippen LogP) is 7.26. The van der Waals surface area contributed by atoms with Crippen molar-refractivity contribution in [1.29, 1.82) is 0 Å². The van der Waals surface area contributed by atoms with Crippen molar-refractivity contribution in [3.05, 3.63) is 35.0 Å². The molecule has 2 aliphatic rings. The first-order chi connectivity index (χ1) is 15.8. The Morgan fingerprint density at radius 1 is 1.18 bits per heavy atom. The zero-order chi connectivity index (χ0) is 24.2. The second-order valence-corrected chi connectivity index (χ2v) is 9.45. The fourth-order valence-corrected chi connectivity index (χ4v) is 4.24. The molecule has 6 heteroatoms. The van der Waals surface area contributed by atoms with Crippen molar-refractivity contribution in [2.75, 3.05) is 7.11 Å². The summed E-state index contributed by atoms with van der Waals surface area (Å²) in [6, 6.07) is 3.96. The lowest BCUT2D eigenvalue weighted by Crippen LogP contribution is -2.11. The first-order valence-corrected chi connectivity index (χ1v) is 12.0. The van der Waals surface area contributed by atoms with E-state index in [9.17, 15) is 4.79 Å². The molecule has 0 aliphatic carbocycles. The Kier molecular flexibility index (Phi) is 9.25. The third-order valence-electron chi connectivity index (χ3n) is 5.81. The van der Waals surface area contributed by atoms with Crippen LogP contribution in [0.15, 0.2) is 23.2 Å². The monoisotopic (exact) mass is 467 g/mol. The Labute approximate surface area is 205 Å². The highest BCUT2D eigenvalue weighted by atomic mass is 16.5. The van der Waals surface area contributed by atoms with Crippen LogP contribution in [-0.2, 0) is 13.7 Å². The molecule has 34 heavy (non-hydrogen) atoms. The lowest BCUT2D eigenvalue weighted by molar-refractivity contribution is 0.0968. The van der Waals surface area contributed by atoms with Crippen molar-refractivity contribution in [3.8, 4) is 22.8 Å². The number of carbonyl (C=O) groups excluding carboxylic acids is 1. The van der Waals surface area contributed by atoms with Gasteiger partial charge in [-0.15, -0.1) is 0 Å². The van der Waals surface area contributed by atoms with Gasteiger partial charge in [0, 0.05) is 42.4 Å². The van der Waals surface area contributed by atoms with E-state index in [1.54, 1.807) is 7.11 Å². The topological polar surface area (TPSA) is 65.7 Å². The number of benzene rings is 1. The van der Waals surface area contributed by atoms with E-state index in [1.807, 2.05) is 37.9 Å². The van der Waals surface area contributed by atoms with Gasteiger partial charge in [-0.25, -0.2) is 0 Å². The smallest absolute Gasteiger partial charge is 0.183 e. The molecule has 0 radical (unpaired) electrons. The molecule has 1 aromatic heterocycles. The number of allylic oxidation sites excluding steroid dienone is 1. The number of aryl methyl sites for hydroxylation is 1. The van der Waals surface area contributed by atoms with Crippen LogP contribution in [-0.4, -0.2) is 28.9 Å². The van der Waals surface area contributed by atoms with Crippen LogP contribution in [0.3, 0.4) is 0 Å². The molecule has 0 atom stereocenters. The minimum Gasteiger partial charge on any atom is -0.496 e. The number of Topliss-reactive ketones (excluding diaryl/α,β-unsaturated/α-hetero) is 1. The summed E-state index contributed by atoms with van der Waals surface area (Å²) in [4.78, 5) is 17.5. The van der Waals surface area contributed by atoms with E-state index in [4.69, 9.17) is 9.47 Å². The second kappa shape index (κ2) is 11.5. The normalized spacial score (nSPS) is 13.9. The fraction of sp³-hybridized carbons (Fsp3) is 0.536. The van der Waals surface area contributed by atoms with E-state index in [2.05, 4.69) is 43.0 Å². The quantitative estimate of drug-likeness (QED) is 0.420. The highest BCUT2D eigenvalue weighted by molar-refractivity contribution is 5.98. The molecule has 3 heterocycles. The molecule has 1 aromatic carbocycles. The van der Waals surface area contributed by atoms with Gasteiger partial charge < -0.3 is 9.47 Å². The van der Waals surface area contributed by atoms with Gasteiger partial charge in [0.2, 0.25) is 0 Å². The van der Waals surface area contributed by atoms with Crippen LogP contribution in [0.4, 0.5) is 0 Å². The largest absolute Gasteiger partial charge is 0.496 e. The number of ether oxygens (including phenoxy) is 2. The molecular weight excluding hydrogens is 426 g/mol. The zero-order valence-electron chi connectivity index (χ0n) is 21.1. The molecule has 0 saturated carbocycles. The van der Waals surface area contributed by atoms with Crippen LogP contribution >= 0.6 is 0 Å². The molecule has 2 aliphatic heterocycles. The number of methoxy groups -OCH3 is 1. The van der Waals surface area contributed by atoms with E-state index in [1.165, 1.54) is 0 Å². The SMILES string of the molecule is C.CC.COc1cc2c(cc1C1=CCCC=N1)-c1c(c(C(=O)CCCC(C)(C)C)nn1C)CO2. The molecule has 0 saturated heterocycles.